The van der Waals surface area contributed by atoms with Crippen LogP contribution in [0.4, 0.5) is 11.4 Å². The van der Waals surface area contributed by atoms with E-state index in [2.05, 4.69) is 39.6 Å². The third-order valence-corrected chi connectivity index (χ3v) is 5.93. The number of rotatable bonds is 5. The smallest absolute Gasteiger partial charge is 0.127 e. The molecule has 0 bridgehead atoms. The van der Waals surface area contributed by atoms with E-state index < -0.39 is 0 Å². The molecule has 0 amide bonds. The van der Waals surface area contributed by atoms with Crippen LogP contribution in [-0.4, -0.2) is 16.3 Å². The summed E-state index contributed by atoms with van der Waals surface area (Å²) in [4.78, 5) is 20.0. The van der Waals surface area contributed by atoms with Crippen LogP contribution in [0, 0.1) is 0 Å². The molecule has 0 spiro atoms. The molecule has 4 aromatic rings. The molecule has 2 unspecified atom stereocenters. The summed E-state index contributed by atoms with van der Waals surface area (Å²) in [7, 11) is 0. The molecule has 1 aliphatic rings. The third-order valence-electron chi connectivity index (χ3n) is 5.93. The summed E-state index contributed by atoms with van der Waals surface area (Å²) < 4.78 is 0. The molecule has 2 aromatic carbocycles. The number of hydrogen-bond donors (Lipinski definition) is 2. The van der Waals surface area contributed by atoms with E-state index in [1.54, 1.807) is 12.4 Å². The summed E-state index contributed by atoms with van der Waals surface area (Å²) in [5, 5.41) is 3.59. The summed E-state index contributed by atoms with van der Waals surface area (Å²) >= 11 is 0. The Bertz CT molecular complexity index is 1140. The molecule has 4 nitrogen and oxygen atoms in total. The normalized spacial score (nSPS) is 17.9. The second-order valence-electron chi connectivity index (χ2n) is 7.78. The standard InChI is InChI=1S/C26H23N3O/c30-17-21-15-20(18-7-3-1-4-8-18)16-23-24(21)26(28-22-9-5-2-6-10-22)25(29-23)19-11-13-27-14-12-19/h1-14,17,20-21,28-29H,15-16H2. The second kappa shape index (κ2) is 7.99. The molecule has 2 atom stereocenters. The Hall–Kier alpha value is -3.66. The van der Waals surface area contributed by atoms with Crippen LogP contribution in [0.2, 0.25) is 0 Å². The first-order valence-electron chi connectivity index (χ1n) is 10.3. The Morgan fingerprint density at radius 1 is 0.933 bits per heavy atom. The Balaban J connectivity index is 1.63. The van der Waals surface area contributed by atoms with Crippen molar-refractivity contribution in [2.45, 2.75) is 24.7 Å². The number of nitrogens with one attached hydrogen (secondary N) is 2. The maximum atomic E-state index is 12.2. The van der Waals surface area contributed by atoms with E-state index in [1.807, 2.05) is 48.5 Å². The average Bonchev–Trinajstić information content (AvgIpc) is 3.18. The molecule has 0 saturated heterocycles. The van der Waals surface area contributed by atoms with Crippen LogP contribution in [0.1, 0.15) is 35.1 Å². The van der Waals surface area contributed by atoms with Crippen molar-refractivity contribution in [1.29, 1.82) is 0 Å². The Morgan fingerprint density at radius 3 is 2.33 bits per heavy atom. The Morgan fingerprint density at radius 2 is 1.63 bits per heavy atom. The van der Waals surface area contributed by atoms with E-state index >= 15 is 0 Å². The number of carbonyl (C=O) groups excluding carboxylic acids is 1. The topological polar surface area (TPSA) is 57.8 Å². The number of aldehydes is 1. The number of nitrogens with zero attached hydrogens (tertiary/aromatic N) is 1. The number of para-hydroxylation sites is 1. The van der Waals surface area contributed by atoms with Crippen molar-refractivity contribution < 1.29 is 4.79 Å². The minimum absolute atomic E-state index is 0.156. The number of anilines is 2. The maximum absolute atomic E-state index is 12.2. The van der Waals surface area contributed by atoms with E-state index in [9.17, 15) is 4.79 Å². The molecule has 2 heterocycles. The summed E-state index contributed by atoms with van der Waals surface area (Å²) in [6.45, 7) is 0. The number of hydrogen-bond acceptors (Lipinski definition) is 3. The second-order valence-corrected chi connectivity index (χ2v) is 7.78. The fourth-order valence-corrected chi connectivity index (χ4v) is 4.52. The van der Waals surface area contributed by atoms with Gasteiger partial charge in [-0.05, 0) is 48.6 Å². The highest BCUT2D eigenvalue weighted by Gasteiger charge is 2.33. The van der Waals surface area contributed by atoms with Gasteiger partial charge in [0.25, 0.3) is 0 Å². The number of fused-ring (bicyclic) bond motifs is 1. The van der Waals surface area contributed by atoms with Crippen LogP contribution >= 0.6 is 0 Å². The summed E-state index contributed by atoms with van der Waals surface area (Å²) in [5.74, 6) is 0.166. The lowest BCUT2D eigenvalue weighted by Gasteiger charge is -2.28. The highest BCUT2D eigenvalue weighted by Crippen LogP contribution is 2.46. The molecule has 0 fully saturated rings. The number of H-pyrrole nitrogens is 1. The maximum Gasteiger partial charge on any atom is 0.127 e. The van der Waals surface area contributed by atoms with E-state index in [-0.39, 0.29) is 5.92 Å². The van der Waals surface area contributed by atoms with Crippen LogP contribution < -0.4 is 5.32 Å². The van der Waals surface area contributed by atoms with Gasteiger partial charge in [0.15, 0.2) is 0 Å². The first kappa shape index (κ1) is 18.4. The number of benzene rings is 2. The summed E-state index contributed by atoms with van der Waals surface area (Å²) in [5.41, 5.74) is 7.57. The van der Waals surface area contributed by atoms with Crippen molar-refractivity contribution in [3.63, 3.8) is 0 Å². The van der Waals surface area contributed by atoms with E-state index in [0.717, 1.165) is 53.0 Å². The minimum atomic E-state index is -0.156. The molecule has 1 aliphatic carbocycles. The third kappa shape index (κ3) is 3.41. The highest BCUT2D eigenvalue weighted by molar-refractivity contribution is 5.86. The van der Waals surface area contributed by atoms with Gasteiger partial charge in [0.05, 0.1) is 11.4 Å². The lowest BCUT2D eigenvalue weighted by Crippen LogP contribution is -2.18. The molecular formula is C26H23N3O. The summed E-state index contributed by atoms with van der Waals surface area (Å²) in [6, 6.07) is 24.6. The van der Waals surface area contributed by atoms with Crippen molar-refractivity contribution in [3.8, 4) is 11.3 Å². The molecule has 2 aromatic heterocycles. The minimum Gasteiger partial charge on any atom is -0.356 e. The van der Waals surface area contributed by atoms with Gasteiger partial charge < -0.3 is 15.1 Å². The molecule has 2 N–H and O–H groups in total. The van der Waals surface area contributed by atoms with Crippen molar-refractivity contribution in [2.75, 3.05) is 5.32 Å². The predicted molar refractivity (Wildman–Crippen MR) is 120 cm³/mol. The average molecular weight is 393 g/mol. The Kier molecular flexibility index (Phi) is 4.89. The summed E-state index contributed by atoms with van der Waals surface area (Å²) in [6.07, 6.45) is 6.40. The fraction of sp³-hybridized carbons (Fsp3) is 0.154. The first-order valence-corrected chi connectivity index (χ1v) is 10.3. The van der Waals surface area contributed by atoms with E-state index in [0.29, 0.717) is 5.92 Å². The molecule has 4 heteroatoms. The Labute approximate surface area is 176 Å². The van der Waals surface area contributed by atoms with Crippen molar-refractivity contribution in [3.05, 3.63) is 102 Å². The quantitative estimate of drug-likeness (QED) is 0.419. The van der Waals surface area contributed by atoms with Crippen molar-refractivity contribution >= 4 is 17.7 Å². The zero-order valence-corrected chi connectivity index (χ0v) is 16.6. The highest BCUT2D eigenvalue weighted by atomic mass is 16.1. The number of carbonyl (C=O) groups is 1. The predicted octanol–water partition coefficient (Wildman–Crippen LogP) is 5.83. The van der Waals surface area contributed by atoms with Gasteiger partial charge in [0.2, 0.25) is 0 Å². The molecule has 30 heavy (non-hydrogen) atoms. The molecule has 0 saturated carbocycles. The largest absolute Gasteiger partial charge is 0.356 e. The zero-order chi connectivity index (χ0) is 20.3. The van der Waals surface area contributed by atoms with Gasteiger partial charge in [-0.1, -0.05) is 48.5 Å². The first-order chi connectivity index (χ1) is 14.8. The SMILES string of the molecule is O=CC1CC(c2ccccc2)Cc2[nH]c(-c3ccncc3)c(Nc3ccccc3)c21. The van der Waals surface area contributed by atoms with Crippen LogP contribution in [-0.2, 0) is 11.2 Å². The van der Waals surface area contributed by atoms with Crippen LogP contribution in [0.15, 0.2) is 85.2 Å². The number of aromatic nitrogens is 2. The van der Waals surface area contributed by atoms with Crippen LogP contribution in [0.5, 0.6) is 0 Å². The van der Waals surface area contributed by atoms with Gasteiger partial charge >= 0.3 is 0 Å². The number of pyridine rings is 1. The molecule has 5 rings (SSSR count). The van der Waals surface area contributed by atoms with E-state index in [4.69, 9.17) is 0 Å². The van der Waals surface area contributed by atoms with Crippen molar-refractivity contribution in [2.24, 2.45) is 0 Å². The molecular weight excluding hydrogens is 370 g/mol. The van der Waals surface area contributed by atoms with Gasteiger partial charge in [-0.2, -0.15) is 0 Å². The van der Waals surface area contributed by atoms with Crippen LogP contribution in [0.3, 0.4) is 0 Å². The van der Waals surface area contributed by atoms with Gasteiger partial charge in [-0.25, -0.2) is 0 Å². The van der Waals surface area contributed by atoms with Gasteiger partial charge in [0.1, 0.15) is 6.29 Å². The van der Waals surface area contributed by atoms with E-state index in [1.165, 1.54) is 5.56 Å². The lowest BCUT2D eigenvalue weighted by atomic mass is 9.77. The molecule has 148 valence electrons. The molecule has 0 aliphatic heterocycles. The van der Waals surface area contributed by atoms with Gasteiger partial charge in [0, 0.05) is 40.8 Å². The van der Waals surface area contributed by atoms with Crippen molar-refractivity contribution in [1.82, 2.24) is 9.97 Å². The monoisotopic (exact) mass is 393 g/mol. The lowest BCUT2D eigenvalue weighted by molar-refractivity contribution is -0.109. The van der Waals surface area contributed by atoms with Gasteiger partial charge in [-0.3, -0.25) is 4.98 Å². The molecule has 0 radical (unpaired) electrons. The number of aromatic amines is 1. The fourth-order valence-electron chi connectivity index (χ4n) is 4.52. The zero-order valence-electron chi connectivity index (χ0n) is 16.6. The van der Waals surface area contributed by atoms with Crippen LogP contribution in [0.25, 0.3) is 11.3 Å². The van der Waals surface area contributed by atoms with Gasteiger partial charge in [-0.15, -0.1) is 0 Å².